The normalized spacial score (nSPS) is 26.2. The Morgan fingerprint density at radius 1 is 1.64 bits per heavy atom. The van der Waals surface area contributed by atoms with Crippen molar-refractivity contribution >= 4 is 11.6 Å². The van der Waals surface area contributed by atoms with Crippen LogP contribution < -0.4 is 0 Å². The number of halogens is 1. The van der Waals surface area contributed by atoms with Crippen LogP contribution in [-0.2, 0) is 4.74 Å². The summed E-state index contributed by atoms with van der Waals surface area (Å²) >= 11 is 5.59. The van der Waals surface area contributed by atoms with Crippen LogP contribution in [-0.4, -0.2) is 43.6 Å². The van der Waals surface area contributed by atoms with Crippen molar-refractivity contribution in [1.29, 1.82) is 0 Å². The molecule has 11 heavy (non-hydrogen) atoms. The summed E-state index contributed by atoms with van der Waals surface area (Å²) in [5.41, 5.74) is 0. The highest BCUT2D eigenvalue weighted by Gasteiger charge is 2.20. The molecule has 1 rings (SSSR count). The number of likely N-dealkylation sites (tertiary alicyclic amines) is 1. The van der Waals surface area contributed by atoms with Crippen molar-refractivity contribution in [2.24, 2.45) is 0 Å². The number of rotatable bonds is 4. The van der Waals surface area contributed by atoms with E-state index in [4.69, 9.17) is 16.3 Å². The summed E-state index contributed by atoms with van der Waals surface area (Å²) in [6.45, 7) is 3.39. The van der Waals surface area contributed by atoms with Gasteiger partial charge in [-0.3, -0.25) is 0 Å². The highest BCUT2D eigenvalue weighted by molar-refractivity contribution is 6.17. The Morgan fingerprint density at radius 2 is 2.45 bits per heavy atom. The van der Waals surface area contributed by atoms with Crippen LogP contribution in [0.25, 0.3) is 0 Å². The predicted octanol–water partition coefficient (Wildman–Crippen LogP) is 1.34. The molecule has 0 amide bonds. The van der Waals surface area contributed by atoms with E-state index in [1.807, 2.05) is 0 Å². The molecule has 0 aromatic carbocycles. The van der Waals surface area contributed by atoms with Crippen molar-refractivity contribution in [2.45, 2.75) is 18.9 Å². The van der Waals surface area contributed by atoms with Crippen LogP contribution in [0, 0.1) is 0 Å². The summed E-state index contributed by atoms with van der Waals surface area (Å²) in [4.78, 5) is 2.41. The number of alkyl halides is 1. The zero-order valence-corrected chi connectivity index (χ0v) is 7.81. The summed E-state index contributed by atoms with van der Waals surface area (Å²) < 4.78 is 5.25. The first kappa shape index (κ1) is 9.30. The van der Waals surface area contributed by atoms with Crippen molar-refractivity contribution in [3.8, 4) is 0 Å². The maximum absolute atomic E-state index is 5.59. The van der Waals surface area contributed by atoms with Gasteiger partial charge in [-0.25, -0.2) is 0 Å². The van der Waals surface area contributed by atoms with Crippen LogP contribution in [0.15, 0.2) is 0 Å². The predicted molar refractivity (Wildman–Crippen MR) is 47.2 cm³/mol. The standard InChI is InChI=1S/C8H16ClNO/c1-11-8-3-6-10(7-8)5-2-4-9/h8H,2-7H2,1H3. The van der Waals surface area contributed by atoms with Crippen LogP contribution >= 0.6 is 11.6 Å². The molecule has 66 valence electrons. The second-order valence-electron chi connectivity index (χ2n) is 2.99. The molecular weight excluding hydrogens is 162 g/mol. The molecular formula is C8H16ClNO. The first-order chi connectivity index (χ1) is 5.36. The largest absolute Gasteiger partial charge is 0.380 e. The number of hydrogen-bond donors (Lipinski definition) is 0. The van der Waals surface area contributed by atoms with Gasteiger partial charge in [-0.1, -0.05) is 0 Å². The number of nitrogens with zero attached hydrogens (tertiary/aromatic N) is 1. The molecule has 0 aromatic rings. The van der Waals surface area contributed by atoms with Gasteiger partial charge in [0.1, 0.15) is 0 Å². The van der Waals surface area contributed by atoms with Gasteiger partial charge < -0.3 is 9.64 Å². The fourth-order valence-electron chi connectivity index (χ4n) is 1.48. The number of ether oxygens (including phenoxy) is 1. The third-order valence-electron chi connectivity index (χ3n) is 2.17. The number of hydrogen-bond acceptors (Lipinski definition) is 2. The molecule has 0 aliphatic carbocycles. The van der Waals surface area contributed by atoms with Gasteiger partial charge in [-0.2, -0.15) is 0 Å². The SMILES string of the molecule is COC1CCN(CCCCl)C1. The Hall–Kier alpha value is 0.210. The zero-order chi connectivity index (χ0) is 8.10. The Labute approximate surface area is 73.5 Å². The molecule has 1 aliphatic rings. The highest BCUT2D eigenvalue weighted by atomic mass is 35.5. The lowest BCUT2D eigenvalue weighted by atomic mass is 10.3. The van der Waals surface area contributed by atoms with E-state index in [9.17, 15) is 0 Å². The van der Waals surface area contributed by atoms with Crippen LogP contribution in [0.1, 0.15) is 12.8 Å². The highest BCUT2D eigenvalue weighted by Crippen LogP contribution is 2.11. The van der Waals surface area contributed by atoms with Gasteiger partial charge in [0.15, 0.2) is 0 Å². The van der Waals surface area contributed by atoms with Crippen molar-refractivity contribution in [3.05, 3.63) is 0 Å². The second kappa shape index (κ2) is 4.96. The molecule has 3 heteroatoms. The topological polar surface area (TPSA) is 12.5 Å². The minimum Gasteiger partial charge on any atom is -0.380 e. The Kier molecular flexibility index (Phi) is 4.20. The Bertz CT molecular complexity index is 110. The molecule has 2 nitrogen and oxygen atoms in total. The molecule has 0 spiro atoms. The summed E-state index contributed by atoms with van der Waals surface area (Å²) in [5, 5.41) is 0. The quantitative estimate of drug-likeness (QED) is 0.601. The van der Waals surface area contributed by atoms with E-state index >= 15 is 0 Å². The fourth-order valence-corrected chi connectivity index (χ4v) is 1.60. The van der Waals surface area contributed by atoms with E-state index in [2.05, 4.69) is 4.90 Å². The monoisotopic (exact) mass is 177 g/mol. The van der Waals surface area contributed by atoms with E-state index in [0.717, 1.165) is 25.4 Å². The molecule has 0 aromatic heterocycles. The molecule has 0 N–H and O–H groups in total. The van der Waals surface area contributed by atoms with Crippen molar-refractivity contribution in [2.75, 3.05) is 32.6 Å². The summed E-state index contributed by atoms with van der Waals surface area (Å²) in [5.74, 6) is 0.772. The first-order valence-corrected chi connectivity index (χ1v) is 4.71. The van der Waals surface area contributed by atoms with Gasteiger partial charge in [-0.05, 0) is 19.4 Å². The van der Waals surface area contributed by atoms with Crippen molar-refractivity contribution < 1.29 is 4.74 Å². The maximum Gasteiger partial charge on any atom is 0.0710 e. The third-order valence-corrected chi connectivity index (χ3v) is 2.44. The van der Waals surface area contributed by atoms with Gasteiger partial charge in [0, 0.05) is 26.1 Å². The van der Waals surface area contributed by atoms with E-state index < -0.39 is 0 Å². The summed E-state index contributed by atoms with van der Waals surface area (Å²) in [6, 6.07) is 0. The molecule has 0 saturated carbocycles. The zero-order valence-electron chi connectivity index (χ0n) is 7.05. The fraction of sp³-hybridized carbons (Fsp3) is 1.00. The molecule has 0 bridgehead atoms. The molecule has 1 fully saturated rings. The van der Waals surface area contributed by atoms with Crippen LogP contribution in [0.3, 0.4) is 0 Å². The van der Waals surface area contributed by atoms with Crippen LogP contribution in [0.2, 0.25) is 0 Å². The lowest BCUT2D eigenvalue weighted by Gasteiger charge is -2.13. The Balaban J connectivity index is 2.09. The lowest BCUT2D eigenvalue weighted by molar-refractivity contribution is 0.108. The van der Waals surface area contributed by atoms with Crippen LogP contribution in [0.5, 0.6) is 0 Å². The lowest BCUT2D eigenvalue weighted by Crippen LogP contribution is -2.24. The van der Waals surface area contributed by atoms with Gasteiger partial charge in [0.05, 0.1) is 6.10 Å². The van der Waals surface area contributed by atoms with Gasteiger partial charge in [-0.15, -0.1) is 11.6 Å². The van der Waals surface area contributed by atoms with Gasteiger partial charge >= 0.3 is 0 Å². The molecule has 0 radical (unpaired) electrons. The summed E-state index contributed by atoms with van der Waals surface area (Å²) in [7, 11) is 1.79. The number of methoxy groups -OCH3 is 1. The second-order valence-corrected chi connectivity index (χ2v) is 3.37. The van der Waals surface area contributed by atoms with Crippen LogP contribution in [0.4, 0.5) is 0 Å². The van der Waals surface area contributed by atoms with Crippen molar-refractivity contribution in [1.82, 2.24) is 4.90 Å². The minimum atomic E-state index is 0.463. The minimum absolute atomic E-state index is 0.463. The van der Waals surface area contributed by atoms with E-state index in [-0.39, 0.29) is 0 Å². The third kappa shape index (κ3) is 2.97. The maximum atomic E-state index is 5.59. The van der Waals surface area contributed by atoms with E-state index in [0.29, 0.717) is 6.10 Å². The Morgan fingerprint density at radius 3 is 3.00 bits per heavy atom. The van der Waals surface area contributed by atoms with E-state index in [1.54, 1.807) is 7.11 Å². The van der Waals surface area contributed by atoms with Crippen molar-refractivity contribution in [3.63, 3.8) is 0 Å². The van der Waals surface area contributed by atoms with E-state index in [1.165, 1.54) is 13.0 Å². The summed E-state index contributed by atoms with van der Waals surface area (Å²) in [6.07, 6.45) is 2.74. The average molecular weight is 178 g/mol. The molecule has 1 heterocycles. The molecule has 1 atom stereocenters. The smallest absolute Gasteiger partial charge is 0.0710 e. The van der Waals surface area contributed by atoms with Gasteiger partial charge in [0.25, 0.3) is 0 Å². The molecule has 1 unspecified atom stereocenters. The molecule has 1 saturated heterocycles. The first-order valence-electron chi connectivity index (χ1n) is 4.18. The molecule has 1 aliphatic heterocycles. The average Bonchev–Trinajstić information content (AvgIpc) is 2.48. The van der Waals surface area contributed by atoms with Gasteiger partial charge in [0.2, 0.25) is 0 Å².